The van der Waals surface area contributed by atoms with Crippen LogP contribution in [0.25, 0.3) is 0 Å². The van der Waals surface area contributed by atoms with Crippen molar-refractivity contribution in [2.24, 2.45) is 16.5 Å². The molecule has 0 fully saturated rings. The van der Waals surface area contributed by atoms with Crippen molar-refractivity contribution >= 4 is 41.1 Å². The lowest BCUT2D eigenvalue weighted by atomic mass is 10.2. The van der Waals surface area contributed by atoms with Crippen LogP contribution in [-0.4, -0.2) is 52.7 Å². The smallest absolute Gasteiger partial charge is 0.422 e. The van der Waals surface area contributed by atoms with Crippen LogP contribution in [0.5, 0.6) is 6.01 Å². The summed E-state index contributed by atoms with van der Waals surface area (Å²) in [4.78, 5) is 28.3. The van der Waals surface area contributed by atoms with Crippen molar-refractivity contribution in [1.29, 1.82) is 0 Å². The zero-order valence-electron chi connectivity index (χ0n) is 21.8. The summed E-state index contributed by atoms with van der Waals surface area (Å²) in [6.07, 6.45) is 4.85. The number of aliphatic imine (C=N–C) groups is 1. The average Bonchev–Trinajstić information content (AvgIpc) is 2.94. The highest BCUT2D eigenvalue weighted by atomic mass is 35.5. The number of nitrogens with two attached hydrogens (primary N) is 2. The fourth-order valence-corrected chi connectivity index (χ4v) is 3.19. The first-order valence-corrected chi connectivity index (χ1v) is 12.4. The Hall–Kier alpha value is -4.77. The van der Waals surface area contributed by atoms with E-state index in [1.165, 1.54) is 0 Å². The number of nitrogens with zero attached hydrogens (tertiary/aromatic N) is 4. The Balaban J connectivity index is 0.00000287. The highest BCUT2D eigenvalue weighted by molar-refractivity contribution is 6.30. The SMILES string of the molecule is C#C.NC(N)=NCCCCNC(=O)c1ccc(Nc2nc(NCc3ccc(Cl)cc3)nc(OCC(F)(F)F)n2)cc1. The highest BCUT2D eigenvalue weighted by Crippen LogP contribution is 2.21. The molecule has 1 amide bonds. The molecule has 0 radical (unpaired) electrons. The van der Waals surface area contributed by atoms with E-state index in [0.29, 0.717) is 35.8 Å². The lowest BCUT2D eigenvalue weighted by Crippen LogP contribution is -2.25. The summed E-state index contributed by atoms with van der Waals surface area (Å²) in [6.45, 7) is -0.351. The molecule has 7 N–H and O–H groups in total. The first-order chi connectivity index (χ1) is 19.6. The number of hydrogen-bond acceptors (Lipinski definition) is 8. The highest BCUT2D eigenvalue weighted by Gasteiger charge is 2.29. The van der Waals surface area contributed by atoms with Crippen molar-refractivity contribution in [3.8, 4) is 18.9 Å². The number of terminal acetylenes is 1. The fourth-order valence-electron chi connectivity index (χ4n) is 3.07. The monoisotopic (exact) mass is 591 g/mol. The van der Waals surface area contributed by atoms with E-state index in [9.17, 15) is 18.0 Å². The minimum absolute atomic E-state index is 0.00420. The third kappa shape index (κ3) is 12.8. The predicted molar refractivity (Wildman–Crippen MR) is 152 cm³/mol. The van der Waals surface area contributed by atoms with Crippen LogP contribution in [0.4, 0.5) is 30.8 Å². The number of halogens is 4. The van der Waals surface area contributed by atoms with Gasteiger partial charge in [0.05, 0.1) is 0 Å². The molecule has 1 aromatic heterocycles. The number of hydrogen-bond donors (Lipinski definition) is 5. The van der Waals surface area contributed by atoms with Gasteiger partial charge in [0.15, 0.2) is 12.6 Å². The molecular weight excluding hydrogens is 563 g/mol. The maximum atomic E-state index is 12.7. The molecule has 0 aliphatic heterocycles. The van der Waals surface area contributed by atoms with E-state index in [4.69, 9.17) is 27.8 Å². The molecule has 41 heavy (non-hydrogen) atoms. The number of unbranched alkanes of at least 4 members (excludes halogenated alkanes) is 1. The van der Waals surface area contributed by atoms with Gasteiger partial charge in [-0.05, 0) is 54.8 Å². The number of guanidine groups is 1. The van der Waals surface area contributed by atoms with Gasteiger partial charge in [-0.3, -0.25) is 9.79 Å². The second-order valence-electron chi connectivity index (χ2n) is 8.12. The maximum absolute atomic E-state index is 12.7. The number of carbonyl (C=O) groups is 1. The van der Waals surface area contributed by atoms with Gasteiger partial charge in [0.2, 0.25) is 11.9 Å². The molecule has 0 saturated carbocycles. The van der Waals surface area contributed by atoms with E-state index in [1.807, 2.05) is 0 Å². The fraction of sp³-hybridized carbons (Fsp3) is 0.269. The molecule has 0 spiro atoms. The summed E-state index contributed by atoms with van der Waals surface area (Å²) in [5.41, 5.74) is 12.3. The summed E-state index contributed by atoms with van der Waals surface area (Å²) in [7, 11) is 0. The van der Waals surface area contributed by atoms with Gasteiger partial charge >= 0.3 is 12.2 Å². The molecular formula is C26H29ClF3N9O2. The second-order valence-corrected chi connectivity index (χ2v) is 8.56. The third-order valence-electron chi connectivity index (χ3n) is 4.91. The van der Waals surface area contributed by atoms with E-state index < -0.39 is 18.8 Å². The third-order valence-corrected chi connectivity index (χ3v) is 5.16. The topological polar surface area (TPSA) is 165 Å². The van der Waals surface area contributed by atoms with Gasteiger partial charge in [0.1, 0.15) is 0 Å². The van der Waals surface area contributed by atoms with Crippen molar-refractivity contribution in [2.75, 3.05) is 30.3 Å². The van der Waals surface area contributed by atoms with Crippen LogP contribution in [0.1, 0.15) is 28.8 Å². The molecule has 0 unspecified atom stereocenters. The lowest BCUT2D eigenvalue weighted by Gasteiger charge is -2.12. The van der Waals surface area contributed by atoms with Gasteiger partial charge in [0.25, 0.3) is 5.91 Å². The maximum Gasteiger partial charge on any atom is 0.422 e. The molecule has 11 nitrogen and oxygen atoms in total. The summed E-state index contributed by atoms with van der Waals surface area (Å²) in [5, 5.41) is 9.18. The molecule has 3 rings (SSSR count). The number of alkyl halides is 3. The van der Waals surface area contributed by atoms with Gasteiger partial charge in [-0.15, -0.1) is 12.8 Å². The van der Waals surface area contributed by atoms with E-state index >= 15 is 0 Å². The van der Waals surface area contributed by atoms with Crippen molar-refractivity contribution in [3.63, 3.8) is 0 Å². The zero-order valence-corrected chi connectivity index (χ0v) is 22.5. The van der Waals surface area contributed by atoms with Crippen molar-refractivity contribution in [1.82, 2.24) is 20.3 Å². The van der Waals surface area contributed by atoms with E-state index in [1.54, 1.807) is 48.5 Å². The van der Waals surface area contributed by atoms with Gasteiger partial charge in [-0.2, -0.15) is 28.1 Å². The van der Waals surface area contributed by atoms with Gasteiger partial charge in [0, 0.05) is 35.9 Å². The summed E-state index contributed by atoms with van der Waals surface area (Å²) < 4.78 is 42.7. The van der Waals surface area contributed by atoms with Gasteiger partial charge in [-0.25, -0.2) is 0 Å². The Morgan fingerprint density at radius 3 is 2.27 bits per heavy atom. The molecule has 3 aromatic rings. The van der Waals surface area contributed by atoms with Crippen LogP contribution in [0.2, 0.25) is 5.02 Å². The standard InChI is InChI=1S/C24H27ClF3N9O2.C2H2/c25-17-7-3-15(4-8-17)13-33-21-35-22(37-23(36-21)39-14-24(26,27)28)34-18-9-5-16(6-10-18)19(38)31-11-1-2-12-32-20(29)30;1-2/h3-10H,1-2,11-14H2,(H,31,38)(H4,29,30,32)(H2,33,34,35,36,37);1-2H. The molecule has 218 valence electrons. The van der Waals surface area contributed by atoms with Crippen molar-refractivity contribution in [2.45, 2.75) is 25.6 Å². The Bertz CT molecular complexity index is 1300. The number of aromatic nitrogens is 3. The summed E-state index contributed by atoms with van der Waals surface area (Å²) in [5.74, 6) is -0.297. The van der Waals surface area contributed by atoms with E-state index in [0.717, 1.165) is 12.0 Å². The van der Waals surface area contributed by atoms with Crippen LogP contribution < -0.4 is 32.2 Å². The number of rotatable bonds is 13. The number of ether oxygens (including phenoxy) is 1. The molecule has 15 heteroatoms. The van der Waals surface area contributed by atoms with Crippen LogP contribution in [0, 0.1) is 12.8 Å². The van der Waals surface area contributed by atoms with Gasteiger partial charge in [-0.1, -0.05) is 23.7 Å². The summed E-state index contributed by atoms with van der Waals surface area (Å²) in [6, 6.07) is 12.8. The normalized spacial score (nSPS) is 10.5. The van der Waals surface area contributed by atoms with Crippen LogP contribution in [0.15, 0.2) is 53.5 Å². The molecule has 0 aliphatic rings. The first-order valence-electron chi connectivity index (χ1n) is 12.1. The number of carbonyl (C=O) groups excluding carboxylic acids is 1. The Labute approximate surface area is 240 Å². The minimum atomic E-state index is -4.57. The molecule has 0 aliphatic carbocycles. The van der Waals surface area contributed by atoms with Gasteiger partial charge < -0.3 is 32.2 Å². The van der Waals surface area contributed by atoms with Crippen LogP contribution in [-0.2, 0) is 6.54 Å². The first kappa shape index (κ1) is 32.4. The zero-order chi connectivity index (χ0) is 30.3. The Morgan fingerprint density at radius 2 is 1.63 bits per heavy atom. The Morgan fingerprint density at radius 1 is 0.976 bits per heavy atom. The van der Waals surface area contributed by atoms with E-state index in [2.05, 4.69) is 48.7 Å². The van der Waals surface area contributed by atoms with Crippen molar-refractivity contribution < 1.29 is 22.7 Å². The minimum Gasteiger partial charge on any atom is -0.454 e. The molecule has 2 aromatic carbocycles. The molecule has 0 bridgehead atoms. The molecule has 1 heterocycles. The second kappa shape index (κ2) is 16.4. The molecule has 0 atom stereocenters. The number of nitrogens with one attached hydrogen (secondary N) is 3. The number of anilines is 3. The predicted octanol–water partition coefficient (Wildman–Crippen LogP) is 3.85. The summed E-state index contributed by atoms with van der Waals surface area (Å²) >= 11 is 5.89. The van der Waals surface area contributed by atoms with Crippen molar-refractivity contribution in [3.05, 3.63) is 64.7 Å². The quantitative estimate of drug-likeness (QED) is 0.0858. The largest absolute Gasteiger partial charge is 0.454 e. The molecule has 0 saturated heterocycles. The Kier molecular flexibility index (Phi) is 12.9. The average molecular weight is 592 g/mol. The number of benzene rings is 2. The lowest BCUT2D eigenvalue weighted by molar-refractivity contribution is -0.154. The van der Waals surface area contributed by atoms with Crippen LogP contribution >= 0.6 is 11.6 Å². The number of amides is 1. The van der Waals surface area contributed by atoms with E-state index in [-0.39, 0.29) is 30.3 Å². The van der Waals surface area contributed by atoms with Crippen LogP contribution in [0.3, 0.4) is 0 Å².